The number of hydrogen-bond acceptors (Lipinski definition) is 8. The summed E-state index contributed by atoms with van der Waals surface area (Å²) in [5.74, 6) is 2.00. The Hall–Kier alpha value is -3.38. The van der Waals surface area contributed by atoms with Gasteiger partial charge in [0.05, 0.1) is 30.8 Å². The molecule has 226 valence electrons. The number of aromatic nitrogens is 4. The lowest BCUT2D eigenvalue weighted by Gasteiger charge is -2.38. The number of benzene rings is 1. The van der Waals surface area contributed by atoms with Crippen LogP contribution in [0.2, 0.25) is 0 Å². The third-order valence-corrected chi connectivity index (χ3v) is 8.40. The number of fused-ring (bicyclic) bond motifs is 1. The van der Waals surface area contributed by atoms with Gasteiger partial charge in [-0.3, -0.25) is 9.36 Å². The molecule has 2 aromatic heterocycles. The topological polar surface area (TPSA) is 91.7 Å². The Morgan fingerprint density at radius 2 is 1.79 bits per heavy atom. The molecule has 1 aromatic carbocycles. The van der Waals surface area contributed by atoms with Crippen LogP contribution in [0.3, 0.4) is 0 Å². The lowest BCUT2D eigenvalue weighted by Crippen LogP contribution is -2.46. The molecule has 0 bridgehead atoms. The lowest BCUT2D eigenvalue weighted by atomic mass is 9.89. The molecular weight excluding hydrogens is 542 g/mol. The molecule has 0 atom stereocenters. The van der Waals surface area contributed by atoms with Crippen LogP contribution < -0.4 is 15.1 Å². The maximum atomic E-state index is 14.3. The molecule has 10 nitrogen and oxygen atoms in total. The van der Waals surface area contributed by atoms with Gasteiger partial charge in [0.15, 0.2) is 5.82 Å². The molecule has 6 rings (SSSR count). The van der Waals surface area contributed by atoms with Crippen LogP contribution in [0.15, 0.2) is 30.3 Å². The highest BCUT2D eigenvalue weighted by molar-refractivity contribution is 5.79. The minimum absolute atomic E-state index is 0.0521. The standard InChI is InChI=1S/C30H40F2N8O2/c1-37(2)19-27(41)33-21-9-11-22(12-10-21)39(18-20-7-8-20)25-17-26(36-30(35-25)38-13-15-42-16-14-38)40-24-6-4-3-5-23(24)34-29(40)28(31)32/h3-6,17,20-22,28H,7-16,18-19H2,1-2H3,(H,33,41). The van der Waals surface area contributed by atoms with Gasteiger partial charge in [-0.2, -0.15) is 9.97 Å². The molecule has 3 heterocycles. The van der Waals surface area contributed by atoms with Crippen molar-refractivity contribution in [3.63, 3.8) is 0 Å². The first-order chi connectivity index (χ1) is 20.4. The van der Waals surface area contributed by atoms with Crippen molar-refractivity contribution in [1.29, 1.82) is 0 Å². The van der Waals surface area contributed by atoms with Gasteiger partial charge in [-0.25, -0.2) is 13.8 Å². The van der Waals surface area contributed by atoms with E-state index >= 15 is 0 Å². The number of morpholine rings is 1. The van der Waals surface area contributed by atoms with Crippen LogP contribution in [0.5, 0.6) is 0 Å². The molecule has 2 saturated carbocycles. The number of para-hydroxylation sites is 2. The van der Waals surface area contributed by atoms with E-state index in [1.54, 1.807) is 18.2 Å². The van der Waals surface area contributed by atoms with E-state index in [0.717, 1.165) is 38.0 Å². The van der Waals surface area contributed by atoms with Crippen molar-refractivity contribution in [2.75, 3.05) is 63.3 Å². The minimum Gasteiger partial charge on any atom is -0.378 e. The van der Waals surface area contributed by atoms with E-state index in [0.29, 0.717) is 61.6 Å². The predicted molar refractivity (Wildman–Crippen MR) is 157 cm³/mol. The van der Waals surface area contributed by atoms with Crippen LogP contribution >= 0.6 is 0 Å². The molecule has 0 radical (unpaired) electrons. The van der Waals surface area contributed by atoms with Crippen LogP contribution in [0.25, 0.3) is 16.9 Å². The van der Waals surface area contributed by atoms with Crippen molar-refractivity contribution in [3.05, 3.63) is 36.2 Å². The third kappa shape index (κ3) is 6.49. The van der Waals surface area contributed by atoms with Gasteiger partial charge in [0.1, 0.15) is 11.6 Å². The van der Waals surface area contributed by atoms with Gasteiger partial charge in [-0.1, -0.05) is 12.1 Å². The fraction of sp³-hybridized carbons (Fsp3) is 0.600. The maximum Gasteiger partial charge on any atom is 0.296 e. The third-order valence-electron chi connectivity index (χ3n) is 8.40. The Bertz CT molecular complexity index is 1380. The average Bonchev–Trinajstić information content (AvgIpc) is 3.72. The first kappa shape index (κ1) is 28.7. The quantitative estimate of drug-likeness (QED) is 0.386. The summed E-state index contributed by atoms with van der Waals surface area (Å²) in [6, 6.07) is 9.44. The lowest BCUT2D eigenvalue weighted by molar-refractivity contribution is -0.122. The van der Waals surface area contributed by atoms with Crippen molar-refractivity contribution in [2.24, 2.45) is 5.92 Å². The van der Waals surface area contributed by atoms with Crippen molar-refractivity contribution in [1.82, 2.24) is 29.7 Å². The number of imidazole rings is 1. The van der Waals surface area contributed by atoms with Crippen LogP contribution in [-0.2, 0) is 9.53 Å². The Kier molecular flexibility index (Phi) is 8.53. The van der Waals surface area contributed by atoms with Gasteiger partial charge in [-0.15, -0.1) is 0 Å². The number of nitrogens with zero attached hydrogens (tertiary/aromatic N) is 7. The molecule has 1 aliphatic heterocycles. The number of carbonyl (C=O) groups excluding carboxylic acids is 1. The fourth-order valence-electron chi connectivity index (χ4n) is 6.11. The number of amides is 1. The second-order valence-electron chi connectivity index (χ2n) is 12.0. The Morgan fingerprint density at radius 1 is 1.05 bits per heavy atom. The Morgan fingerprint density at radius 3 is 2.48 bits per heavy atom. The van der Waals surface area contributed by atoms with E-state index in [1.807, 2.05) is 31.1 Å². The van der Waals surface area contributed by atoms with Gasteiger partial charge in [0.25, 0.3) is 6.43 Å². The fourth-order valence-corrected chi connectivity index (χ4v) is 6.11. The summed E-state index contributed by atoms with van der Waals surface area (Å²) in [7, 11) is 3.79. The molecule has 42 heavy (non-hydrogen) atoms. The largest absolute Gasteiger partial charge is 0.378 e. The number of ether oxygens (including phenoxy) is 1. The van der Waals surface area contributed by atoms with Gasteiger partial charge in [0, 0.05) is 37.8 Å². The number of halogens is 2. The molecule has 0 unspecified atom stereocenters. The second-order valence-corrected chi connectivity index (χ2v) is 12.0. The second kappa shape index (κ2) is 12.5. The summed E-state index contributed by atoms with van der Waals surface area (Å²) in [6.07, 6.45) is 3.22. The monoisotopic (exact) mass is 582 g/mol. The summed E-state index contributed by atoms with van der Waals surface area (Å²) >= 11 is 0. The van der Waals surface area contributed by atoms with Gasteiger partial charge >= 0.3 is 0 Å². The van der Waals surface area contributed by atoms with E-state index in [4.69, 9.17) is 14.7 Å². The van der Waals surface area contributed by atoms with E-state index in [1.165, 1.54) is 17.4 Å². The van der Waals surface area contributed by atoms with Crippen molar-refractivity contribution < 1.29 is 18.3 Å². The maximum absolute atomic E-state index is 14.3. The van der Waals surface area contributed by atoms with Crippen molar-refractivity contribution in [2.45, 2.75) is 57.0 Å². The zero-order chi connectivity index (χ0) is 29.2. The Labute approximate surface area is 245 Å². The van der Waals surface area contributed by atoms with E-state index in [-0.39, 0.29) is 23.8 Å². The first-order valence-corrected chi connectivity index (χ1v) is 15.0. The summed E-state index contributed by atoms with van der Waals surface area (Å²) in [6.45, 7) is 3.65. The summed E-state index contributed by atoms with van der Waals surface area (Å²) in [4.78, 5) is 32.9. The highest BCUT2D eigenvalue weighted by Gasteiger charge is 2.33. The van der Waals surface area contributed by atoms with E-state index in [2.05, 4.69) is 20.1 Å². The van der Waals surface area contributed by atoms with E-state index in [9.17, 15) is 13.6 Å². The SMILES string of the molecule is CN(C)CC(=O)NC1CCC(N(CC2CC2)c2cc(-n3c(C(F)F)nc4ccccc43)nc(N3CCOCC3)n2)CC1. The van der Waals surface area contributed by atoms with Gasteiger partial charge < -0.3 is 24.8 Å². The first-order valence-electron chi connectivity index (χ1n) is 15.0. The predicted octanol–water partition coefficient (Wildman–Crippen LogP) is 3.80. The van der Waals surface area contributed by atoms with Crippen molar-refractivity contribution in [3.8, 4) is 5.82 Å². The van der Waals surface area contributed by atoms with Crippen LogP contribution in [-0.4, -0.2) is 95.9 Å². The molecule has 12 heteroatoms. The van der Waals surface area contributed by atoms with Gasteiger partial charge in [-0.05, 0) is 70.7 Å². The summed E-state index contributed by atoms with van der Waals surface area (Å²) < 4.78 is 35.7. The number of anilines is 2. The van der Waals surface area contributed by atoms with Gasteiger partial charge in [0.2, 0.25) is 11.9 Å². The highest BCUT2D eigenvalue weighted by Crippen LogP contribution is 2.36. The Balaban J connectivity index is 1.35. The summed E-state index contributed by atoms with van der Waals surface area (Å²) in [5, 5.41) is 3.19. The molecule has 1 amide bonds. The van der Waals surface area contributed by atoms with Crippen LogP contribution in [0.4, 0.5) is 20.5 Å². The normalized spacial score (nSPS) is 21.3. The molecule has 1 N–H and O–H groups in total. The molecule has 3 aromatic rings. The number of nitrogens with one attached hydrogen (secondary N) is 1. The molecule has 2 aliphatic carbocycles. The zero-order valence-corrected chi connectivity index (χ0v) is 24.4. The minimum atomic E-state index is -2.76. The molecule has 1 saturated heterocycles. The van der Waals surface area contributed by atoms with Crippen molar-refractivity contribution >= 4 is 28.7 Å². The molecule has 3 fully saturated rings. The number of rotatable bonds is 10. The number of hydrogen-bond donors (Lipinski definition) is 1. The summed E-state index contributed by atoms with van der Waals surface area (Å²) in [5.41, 5.74) is 1.10. The zero-order valence-electron chi connectivity index (χ0n) is 24.4. The molecule has 0 spiro atoms. The number of likely N-dealkylation sites (N-methyl/N-ethyl adjacent to an activating group) is 1. The van der Waals surface area contributed by atoms with Crippen LogP contribution in [0, 0.1) is 5.92 Å². The average molecular weight is 583 g/mol. The molecule has 3 aliphatic rings. The highest BCUT2D eigenvalue weighted by atomic mass is 19.3. The number of alkyl halides is 2. The number of carbonyl (C=O) groups is 1. The van der Waals surface area contributed by atoms with E-state index < -0.39 is 6.43 Å². The smallest absolute Gasteiger partial charge is 0.296 e. The molecular formula is C30H40F2N8O2. The van der Waals surface area contributed by atoms with Crippen LogP contribution in [0.1, 0.15) is 50.8 Å².